The molecule has 0 unspecified atom stereocenters. The minimum Gasteiger partial charge on any atom is -0.349 e. The van der Waals surface area contributed by atoms with Gasteiger partial charge in [-0.1, -0.05) is 11.6 Å². The molecular formula is C20H16ClF6NO3S. The molecule has 2 aromatic carbocycles. The molecule has 4 nitrogen and oxygen atoms in total. The zero-order valence-corrected chi connectivity index (χ0v) is 17.7. The molecule has 0 heterocycles. The van der Waals surface area contributed by atoms with Crippen LogP contribution in [0.4, 0.5) is 26.3 Å². The molecule has 0 aromatic heterocycles. The topological polar surface area (TPSA) is 63.2 Å². The van der Waals surface area contributed by atoms with Crippen LogP contribution in [-0.4, -0.2) is 25.4 Å². The Labute approximate surface area is 184 Å². The molecule has 0 aliphatic heterocycles. The molecular weight excluding hydrogens is 484 g/mol. The summed E-state index contributed by atoms with van der Waals surface area (Å²) in [6, 6.07) is 3.31. The number of hydrogen-bond acceptors (Lipinski definition) is 3. The van der Waals surface area contributed by atoms with Crippen molar-refractivity contribution in [1.29, 1.82) is 0 Å². The first-order valence-electron chi connectivity index (χ1n) is 9.30. The Morgan fingerprint density at radius 2 is 1.69 bits per heavy atom. The molecule has 1 saturated carbocycles. The van der Waals surface area contributed by atoms with Crippen LogP contribution in [0, 0.1) is 11.6 Å². The van der Waals surface area contributed by atoms with E-state index in [2.05, 4.69) is 5.32 Å². The molecule has 174 valence electrons. The Bertz CT molecular complexity index is 1140. The van der Waals surface area contributed by atoms with Gasteiger partial charge in [0, 0.05) is 11.6 Å². The molecule has 0 radical (unpaired) electrons. The highest BCUT2D eigenvalue weighted by atomic mass is 35.5. The van der Waals surface area contributed by atoms with E-state index < -0.39 is 67.9 Å². The van der Waals surface area contributed by atoms with Crippen molar-refractivity contribution in [3.63, 3.8) is 0 Å². The predicted octanol–water partition coefficient (Wildman–Crippen LogP) is 5.45. The number of sulfone groups is 1. The molecule has 0 atom stereocenters. The fraction of sp³-hybridized carbons (Fsp3) is 0.350. The first-order chi connectivity index (χ1) is 14.7. The summed E-state index contributed by atoms with van der Waals surface area (Å²) < 4.78 is 106. The van der Waals surface area contributed by atoms with E-state index in [1.807, 2.05) is 0 Å². The molecule has 0 bridgehead atoms. The smallest absolute Gasteiger partial charge is 0.349 e. The number of alkyl halides is 4. The van der Waals surface area contributed by atoms with Crippen molar-refractivity contribution in [2.45, 2.75) is 47.8 Å². The highest BCUT2D eigenvalue weighted by Gasteiger charge is 2.48. The van der Waals surface area contributed by atoms with E-state index in [4.69, 9.17) is 11.6 Å². The third-order valence-electron chi connectivity index (χ3n) is 5.24. The number of carbonyl (C=O) groups excluding carboxylic acids is 1. The lowest BCUT2D eigenvalue weighted by Crippen LogP contribution is -2.45. The van der Waals surface area contributed by atoms with Gasteiger partial charge >= 0.3 is 6.18 Å². The van der Waals surface area contributed by atoms with Crippen LogP contribution in [-0.2, 0) is 16.0 Å². The van der Waals surface area contributed by atoms with Gasteiger partial charge in [0.2, 0.25) is 14.8 Å². The van der Waals surface area contributed by atoms with E-state index in [0.717, 1.165) is 12.1 Å². The van der Waals surface area contributed by atoms with Crippen LogP contribution < -0.4 is 5.32 Å². The number of amides is 1. The fourth-order valence-electron chi connectivity index (χ4n) is 3.46. The van der Waals surface area contributed by atoms with Gasteiger partial charge in [0.1, 0.15) is 11.6 Å². The van der Waals surface area contributed by atoms with Gasteiger partial charge in [-0.05, 0) is 62.1 Å². The summed E-state index contributed by atoms with van der Waals surface area (Å²) in [6.07, 6.45) is -6.54. The maximum absolute atomic E-state index is 15.4. The van der Waals surface area contributed by atoms with Gasteiger partial charge in [0.25, 0.3) is 5.91 Å². The molecule has 0 saturated heterocycles. The molecule has 1 fully saturated rings. The maximum atomic E-state index is 15.4. The number of nitrogens with one attached hydrogen (secondary N) is 1. The van der Waals surface area contributed by atoms with Gasteiger partial charge in [-0.3, -0.25) is 4.79 Å². The minimum absolute atomic E-state index is 0.0422. The van der Waals surface area contributed by atoms with Crippen LogP contribution in [0.5, 0.6) is 0 Å². The van der Waals surface area contributed by atoms with Crippen LogP contribution in [0.1, 0.15) is 41.6 Å². The van der Waals surface area contributed by atoms with Crippen LogP contribution in [0.3, 0.4) is 0 Å². The quantitative estimate of drug-likeness (QED) is 0.569. The largest absolute Gasteiger partial charge is 0.416 e. The number of carbonyl (C=O) groups is 1. The van der Waals surface area contributed by atoms with Crippen LogP contribution in [0.15, 0.2) is 41.3 Å². The van der Waals surface area contributed by atoms with Crippen LogP contribution in [0.2, 0.25) is 5.02 Å². The Balaban J connectivity index is 1.74. The van der Waals surface area contributed by atoms with E-state index in [1.54, 1.807) is 0 Å². The second-order valence-electron chi connectivity index (χ2n) is 7.44. The fourth-order valence-corrected chi connectivity index (χ4v) is 5.39. The van der Waals surface area contributed by atoms with Crippen molar-refractivity contribution in [3.8, 4) is 0 Å². The van der Waals surface area contributed by atoms with Crippen molar-refractivity contribution in [3.05, 3.63) is 64.2 Å². The summed E-state index contributed by atoms with van der Waals surface area (Å²) in [5.74, 6) is -2.81. The summed E-state index contributed by atoms with van der Waals surface area (Å²) in [6.45, 7) is 0. The van der Waals surface area contributed by atoms with E-state index in [-0.39, 0.29) is 35.6 Å². The van der Waals surface area contributed by atoms with Crippen molar-refractivity contribution in [2.75, 3.05) is 0 Å². The normalized spacial score (nSPS) is 21.9. The summed E-state index contributed by atoms with van der Waals surface area (Å²) in [5.41, 5.74) is -1.50. The van der Waals surface area contributed by atoms with Crippen molar-refractivity contribution in [1.82, 2.24) is 5.32 Å². The van der Waals surface area contributed by atoms with Gasteiger partial charge in [-0.25, -0.2) is 21.6 Å². The highest BCUT2D eigenvalue weighted by molar-refractivity contribution is 7.92. The Hall–Kier alpha value is -2.27. The highest BCUT2D eigenvalue weighted by Crippen LogP contribution is 2.42. The molecule has 0 spiro atoms. The van der Waals surface area contributed by atoms with Gasteiger partial charge in [-0.2, -0.15) is 13.2 Å². The Morgan fingerprint density at radius 3 is 2.25 bits per heavy atom. The third-order valence-corrected chi connectivity index (χ3v) is 7.76. The monoisotopic (exact) mass is 499 g/mol. The summed E-state index contributed by atoms with van der Waals surface area (Å²) >= 11 is 5.63. The van der Waals surface area contributed by atoms with Crippen LogP contribution in [0.25, 0.3) is 0 Å². The van der Waals surface area contributed by atoms with Gasteiger partial charge < -0.3 is 5.32 Å². The molecule has 2 aromatic rings. The zero-order valence-electron chi connectivity index (χ0n) is 16.1. The molecule has 3 rings (SSSR count). The minimum atomic E-state index is -5.01. The van der Waals surface area contributed by atoms with Crippen molar-refractivity contribution >= 4 is 27.3 Å². The number of halogens is 7. The third kappa shape index (κ3) is 4.88. The maximum Gasteiger partial charge on any atom is 0.416 e. The lowest BCUT2D eigenvalue weighted by Gasteiger charge is -2.34. The molecule has 1 N–H and O–H groups in total. The average molecular weight is 500 g/mol. The molecule has 32 heavy (non-hydrogen) atoms. The Kier molecular flexibility index (Phi) is 6.54. The number of benzene rings is 2. The lowest BCUT2D eigenvalue weighted by atomic mass is 9.93. The molecule has 1 amide bonds. The van der Waals surface area contributed by atoms with Crippen molar-refractivity contribution < 1.29 is 39.6 Å². The zero-order chi connectivity index (χ0) is 23.9. The summed E-state index contributed by atoms with van der Waals surface area (Å²) in [4.78, 5) is 11.2. The standard InChI is InChI=1S/C20H16ClF6NO3S/c21-16-7-11(1-2-17(16)23)18(29)28-14-3-5-19(24,6-4-14)32(30,31)15-9-12(20(25,26)27)8-13(22)10-15/h1-2,7-10,14H,3-6H2,(H,28,29). The lowest BCUT2D eigenvalue weighted by molar-refractivity contribution is -0.137. The molecule has 12 heteroatoms. The average Bonchev–Trinajstić information content (AvgIpc) is 2.70. The molecule has 1 aliphatic carbocycles. The van der Waals surface area contributed by atoms with Crippen LogP contribution >= 0.6 is 11.6 Å². The van der Waals surface area contributed by atoms with Gasteiger partial charge in [0.15, 0.2) is 0 Å². The van der Waals surface area contributed by atoms with E-state index in [1.165, 1.54) is 6.07 Å². The summed E-state index contributed by atoms with van der Waals surface area (Å²) in [7, 11) is -4.96. The SMILES string of the molecule is O=C(NC1CCC(F)(S(=O)(=O)c2cc(F)cc(C(F)(F)F)c2)CC1)c1ccc(F)c(Cl)c1. The first kappa shape index (κ1) is 24.4. The predicted molar refractivity (Wildman–Crippen MR) is 104 cm³/mol. The number of rotatable bonds is 4. The molecule has 1 aliphatic rings. The second-order valence-corrected chi connectivity index (χ2v) is 10.1. The summed E-state index contributed by atoms with van der Waals surface area (Å²) in [5, 5.41) is -0.642. The first-order valence-corrected chi connectivity index (χ1v) is 11.2. The van der Waals surface area contributed by atoms with E-state index in [0.29, 0.717) is 6.07 Å². The van der Waals surface area contributed by atoms with E-state index in [9.17, 15) is 35.2 Å². The van der Waals surface area contributed by atoms with Gasteiger partial charge in [0.05, 0.1) is 15.5 Å². The second kappa shape index (κ2) is 8.58. The van der Waals surface area contributed by atoms with Crippen molar-refractivity contribution in [2.24, 2.45) is 0 Å². The van der Waals surface area contributed by atoms with E-state index >= 15 is 4.39 Å². The Morgan fingerprint density at radius 1 is 1.06 bits per heavy atom. The number of hydrogen-bond donors (Lipinski definition) is 1. The van der Waals surface area contributed by atoms with Gasteiger partial charge in [-0.15, -0.1) is 0 Å².